The number of ether oxygens (including phenoxy) is 1. The van der Waals surface area contributed by atoms with Gasteiger partial charge in [-0.2, -0.15) is 0 Å². The lowest BCUT2D eigenvalue weighted by Crippen LogP contribution is -2.52. The fourth-order valence-corrected chi connectivity index (χ4v) is 4.38. The molecule has 31 heavy (non-hydrogen) atoms. The first-order chi connectivity index (χ1) is 15.0. The Morgan fingerprint density at radius 2 is 1.68 bits per heavy atom. The molecule has 0 saturated carbocycles. The van der Waals surface area contributed by atoms with E-state index in [2.05, 4.69) is 4.90 Å². The van der Waals surface area contributed by atoms with E-state index >= 15 is 0 Å². The van der Waals surface area contributed by atoms with Crippen LogP contribution < -0.4 is 9.64 Å². The molecule has 2 aromatic carbocycles. The van der Waals surface area contributed by atoms with Gasteiger partial charge in [0.1, 0.15) is 5.75 Å². The summed E-state index contributed by atoms with van der Waals surface area (Å²) in [7, 11) is 1.67. The van der Waals surface area contributed by atoms with E-state index in [0.29, 0.717) is 26.1 Å². The second-order valence-electron chi connectivity index (χ2n) is 8.46. The van der Waals surface area contributed by atoms with Crippen LogP contribution in [0.1, 0.15) is 23.1 Å². The first-order valence-corrected chi connectivity index (χ1v) is 11.1. The predicted molar refractivity (Wildman–Crippen MR) is 122 cm³/mol. The number of nitrogens with zero attached hydrogens (tertiary/aromatic N) is 3. The first-order valence-electron chi connectivity index (χ1n) is 11.1. The molecule has 0 atom stereocenters. The molecule has 4 rings (SSSR count). The van der Waals surface area contributed by atoms with Gasteiger partial charge in [0.25, 0.3) is 0 Å². The third-order valence-electron chi connectivity index (χ3n) is 6.27. The predicted octanol–water partition coefficient (Wildman–Crippen LogP) is 2.67. The summed E-state index contributed by atoms with van der Waals surface area (Å²) in [5.41, 5.74) is 4.42. The maximum Gasteiger partial charge on any atom is 0.241 e. The summed E-state index contributed by atoms with van der Waals surface area (Å²) in [4.78, 5) is 31.7. The van der Waals surface area contributed by atoms with E-state index < -0.39 is 0 Å². The average Bonchev–Trinajstić information content (AvgIpc) is 2.80. The Labute approximate surface area is 184 Å². The molecule has 2 aliphatic heterocycles. The molecule has 2 amide bonds. The summed E-state index contributed by atoms with van der Waals surface area (Å²) in [6.45, 7) is 6.00. The molecule has 1 saturated heterocycles. The van der Waals surface area contributed by atoms with Crippen LogP contribution in [-0.4, -0.2) is 68.0 Å². The van der Waals surface area contributed by atoms with Crippen LogP contribution in [0.4, 0.5) is 5.69 Å². The molecule has 2 aromatic rings. The minimum absolute atomic E-state index is 0.130. The summed E-state index contributed by atoms with van der Waals surface area (Å²) < 4.78 is 5.33. The van der Waals surface area contributed by atoms with Crippen LogP contribution in [0.3, 0.4) is 0 Å². The van der Waals surface area contributed by atoms with Gasteiger partial charge < -0.3 is 14.5 Å². The summed E-state index contributed by atoms with van der Waals surface area (Å²) in [6, 6.07) is 14.1. The number of amides is 2. The van der Waals surface area contributed by atoms with Gasteiger partial charge in [0.15, 0.2) is 0 Å². The van der Waals surface area contributed by atoms with Crippen LogP contribution in [0.25, 0.3) is 0 Å². The van der Waals surface area contributed by atoms with Crippen LogP contribution in [0.15, 0.2) is 42.5 Å². The number of piperazine rings is 1. The standard InChI is InChI=1S/C25H31N3O3/c1-19-5-7-20(8-6-19)16-24(29)27-14-12-26(13-15-27)18-25(30)28-11-3-4-21-17-22(31-2)9-10-23(21)28/h5-10,17H,3-4,11-16,18H2,1-2H3. The number of hydrogen-bond donors (Lipinski definition) is 0. The van der Waals surface area contributed by atoms with Crippen LogP contribution >= 0.6 is 0 Å². The second-order valence-corrected chi connectivity index (χ2v) is 8.46. The third kappa shape index (κ3) is 5.07. The van der Waals surface area contributed by atoms with Crippen LogP contribution in [0.2, 0.25) is 0 Å². The number of carbonyl (C=O) groups excluding carboxylic acids is 2. The largest absolute Gasteiger partial charge is 0.497 e. The highest BCUT2D eigenvalue weighted by molar-refractivity contribution is 5.96. The van der Waals surface area contributed by atoms with Crippen molar-refractivity contribution in [2.45, 2.75) is 26.2 Å². The van der Waals surface area contributed by atoms with Gasteiger partial charge in [0, 0.05) is 38.4 Å². The Morgan fingerprint density at radius 1 is 0.935 bits per heavy atom. The number of carbonyl (C=O) groups is 2. The van der Waals surface area contributed by atoms with E-state index in [9.17, 15) is 9.59 Å². The molecule has 6 heteroatoms. The van der Waals surface area contributed by atoms with Gasteiger partial charge in [-0.25, -0.2) is 0 Å². The Hall–Kier alpha value is -2.86. The Morgan fingerprint density at radius 3 is 2.39 bits per heavy atom. The van der Waals surface area contributed by atoms with E-state index in [1.54, 1.807) is 7.11 Å². The Bertz CT molecular complexity index is 934. The molecule has 0 N–H and O–H groups in total. The quantitative estimate of drug-likeness (QED) is 0.745. The molecule has 0 aromatic heterocycles. The molecular formula is C25H31N3O3. The lowest BCUT2D eigenvalue weighted by Gasteiger charge is -2.36. The third-order valence-corrected chi connectivity index (χ3v) is 6.27. The first kappa shape index (κ1) is 21.4. The monoisotopic (exact) mass is 421 g/mol. The van der Waals surface area contributed by atoms with Crippen molar-refractivity contribution in [2.75, 3.05) is 51.3 Å². The minimum Gasteiger partial charge on any atom is -0.497 e. The molecule has 0 bridgehead atoms. The van der Waals surface area contributed by atoms with Crippen LogP contribution in [0.5, 0.6) is 5.75 Å². The topological polar surface area (TPSA) is 53.1 Å². The summed E-state index contributed by atoms with van der Waals surface area (Å²) in [5, 5.41) is 0. The van der Waals surface area contributed by atoms with Crippen LogP contribution in [0, 0.1) is 6.92 Å². The Balaban J connectivity index is 1.30. The van der Waals surface area contributed by atoms with Gasteiger partial charge in [0.05, 0.1) is 20.1 Å². The summed E-state index contributed by atoms with van der Waals surface area (Å²) in [6.07, 6.45) is 2.37. The van der Waals surface area contributed by atoms with Crippen molar-refractivity contribution in [3.63, 3.8) is 0 Å². The molecule has 0 radical (unpaired) electrons. The highest BCUT2D eigenvalue weighted by Gasteiger charge is 2.27. The van der Waals surface area contributed by atoms with Crippen molar-refractivity contribution in [1.82, 2.24) is 9.80 Å². The van der Waals surface area contributed by atoms with Gasteiger partial charge in [-0.15, -0.1) is 0 Å². The van der Waals surface area contributed by atoms with Gasteiger partial charge >= 0.3 is 0 Å². The maximum atomic E-state index is 13.0. The van der Waals surface area contributed by atoms with E-state index in [0.717, 1.165) is 49.5 Å². The van der Waals surface area contributed by atoms with Crippen molar-refractivity contribution >= 4 is 17.5 Å². The zero-order chi connectivity index (χ0) is 21.8. The second kappa shape index (κ2) is 9.52. The molecule has 0 unspecified atom stereocenters. The number of aryl methyl sites for hydroxylation is 2. The summed E-state index contributed by atoms with van der Waals surface area (Å²) >= 11 is 0. The molecule has 0 aliphatic carbocycles. The number of anilines is 1. The Kier molecular flexibility index (Phi) is 6.56. The highest BCUT2D eigenvalue weighted by Crippen LogP contribution is 2.30. The molecule has 6 nitrogen and oxygen atoms in total. The smallest absolute Gasteiger partial charge is 0.241 e. The molecule has 2 aliphatic rings. The zero-order valence-electron chi connectivity index (χ0n) is 18.5. The average molecular weight is 422 g/mol. The number of hydrogen-bond acceptors (Lipinski definition) is 4. The van der Waals surface area contributed by atoms with Crippen molar-refractivity contribution < 1.29 is 14.3 Å². The van der Waals surface area contributed by atoms with Gasteiger partial charge in [-0.3, -0.25) is 14.5 Å². The number of benzene rings is 2. The van der Waals surface area contributed by atoms with Gasteiger partial charge in [-0.05, 0) is 49.1 Å². The van der Waals surface area contributed by atoms with E-state index in [1.165, 1.54) is 11.1 Å². The molecular weight excluding hydrogens is 390 g/mol. The zero-order valence-corrected chi connectivity index (χ0v) is 18.5. The van der Waals surface area contributed by atoms with Gasteiger partial charge in [0.2, 0.25) is 11.8 Å². The van der Waals surface area contributed by atoms with Crippen molar-refractivity contribution in [2.24, 2.45) is 0 Å². The molecule has 164 valence electrons. The van der Waals surface area contributed by atoms with Gasteiger partial charge in [-0.1, -0.05) is 29.8 Å². The molecule has 1 fully saturated rings. The molecule has 2 heterocycles. The normalized spacial score (nSPS) is 16.7. The highest BCUT2D eigenvalue weighted by atomic mass is 16.5. The number of rotatable bonds is 5. The lowest BCUT2D eigenvalue weighted by molar-refractivity contribution is -0.132. The number of methoxy groups -OCH3 is 1. The number of fused-ring (bicyclic) bond motifs is 1. The minimum atomic E-state index is 0.130. The van der Waals surface area contributed by atoms with E-state index in [-0.39, 0.29) is 11.8 Å². The van der Waals surface area contributed by atoms with Crippen molar-refractivity contribution in [1.29, 1.82) is 0 Å². The maximum absolute atomic E-state index is 13.0. The van der Waals surface area contributed by atoms with Crippen molar-refractivity contribution in [3.8, 4) is 5.75 Å². The fraction of sp³-hybridized carbons (Fsp3) is 0.440. The SMILES string of the molecule is COc1ccc2c(c1)CCCN2C(=O)CN1CCN(C(=O)Cc2ccc(C)cc2)CC1. The lowest BCUT2D eigenvalue weighted by atomic mass is 10.0. The van der Waals surface area contributed by atoms with E-state index in [1.807, 2.05) is 59.2 Å². The van der Waals surface area contributed by atoms with Crippen molar-refractivity contribution in [3.05, 3.63) is 59.2 Å². The molecule has 0 spiro atoms. The van der Waals surface area contributed by atoms with Crippen LogP contribution in [-0.2, 0) is 22.4 Å². The fourth-order valence-electron chi connectivity index (χ4n) is 4.38. The summed E-state index contributed by atoms with van der Waals surface area (Å²) in [5.74, 6) is 1.12. The van der Waals surface area contributed by atoms with E-state index in [4.69, 9.17) is 4.74 Å².